The second-order valence-electron chi connectivity index (χ2n) is 2.32. The van der Waals surface area contributed by atoms with Gasteiger partial charge in [-0.3, -0.25) is 0 Å². The van der Waals surface area contributed by atoms with Gasteiger partial charge in [0.05, 0.1) is 9.82 Å². The first-order valence-electron chi connectivity index (χ1n) is 3.06. The highest BCUT2D eigenvalue weighted by molar-refractivity contribution is 4.85. The molecule has 1 heterocycles. The maximum absolute atomic E-state index is 10.2. The van der Waals surface area contributed by atoms with Crippen LogP contribution in [0.3, 0.4) is 0 Å². The Morgan fingerprint density at radius 2 is 2.27 bits per heavy atom. The molecule has 0 radical (unpaired) electrons. The van der Waals surface area contributed by atoms with E-state index in [2.05, 4.69) is 15.5 Å². The fourth-order valence-corrected chi connectivity index (χ4v) is 0.652. The van der Waals surface area contributed by atoms with Crippen LogP contribution in [-0.4, -0.2) is 25.3 Å². The van der Waals surface area contributed by atoms with Crippen molar-refractivity contribution in [1.82, 2.24) is 20.3 Å². The van der Waals surface area contributed by atoms with Crippen LogP contribution in [0.15, 0.2) is 0 Å². The number of aromatic nitrogens is 4. The van der Waals surface area contributed by atoms with Crippen LogP contribution in [0.4, 0.5) is 0 Å². The van der Waals surface area contributed by atoms with Crippen molar-refractivity contribution in [2.24, 2.45) is 0 Å². The van der Waals surface area contributed by atoms with Gasteiger partial charge in [-0.1, -0.05) is 18.9 Å². The SMILES string of the molecule is CC(C)c1nnnn1[N+](=O)[O-]. The number of hydrogen-bond acceptors (Lipinski definition) is 5. The summed E-state index contributed by atoms with van der Waals surface area (Å²) < 4.78 is 0. The molecule has 1 aromatic rings. The van der Waals surface area contributed by atoms with E-state index >= 15 is 0 Å². The fourth-order valence-electron chi connectivity index (χ4n) is 0.652. The fraction of sp³-hybridized carbons (Fsp3) is 0.750. The summed E-state index contributed by atoms with van der Waals surface area (Å²) >= 11 is 0. The Morgan fingerprint density at radius 1 is 1.64 bits per heavy atom. The molecule has 0 aliphatic heterocycles. The molecular formula is C4H7N5O2. The van der Waals surface area contributed by atoms with Crippen LogP contribution in [-0.2, 0) is 0 Å². The lowest BCUT2D eigenvalue weighted by atomic mass is 10.2. The van der Waals surface area contributed by atoms with E-state index in [0.29, 0.717) is 4.79 Å². The van der Waals surface area contributed by atoms with E-state index in [9.17, 15) is 10.1 Å². The van der Waals surface area contributed by atoms with Gasteiger partial charge in [0.1, 0.15) is 5.21 Å². The van der Waals surface area contributed by atoms with Crippen LogP contribution >= 0.6 is 0 Å². The summed E-state index contributed by atoms with van der Waals surface area (Å²) in [6, 6.07) is 0. The number of rotatable bonds is 2. The van der Waals surface area contributed by atoms with E-state index in [0.717, 1.165) is 0 Å². The minimum atomic E-state index is -0.657. The lowest BCUT2D eigenvalue weighted by Crippen LogP contribution is -2.15. The van der Waals surface area contributed by atoms with Crippen molar-refractivity contribution in [3.8, 4) is 0 Å². The van der Waals surface area contributed by atoms with Crippen LogP contribution in [0.5, 0.6) is 0 Å². The van der Waals surface area contributed by atoms with E-state index in [1.54, 1.807) is 13.8 Å². The average Bonchev–Trinajstić information content (AvgIpc) is 2.32. The zero-order chi connectivity index (χ0) is 8.43. The van der Waals surface area contributed by atoms with Gasteiger partial charge in [-0.15, -0.1) is 0 Å². The Hall–Kier alpha value is -1.53. The Bertz CT molecular complexity index is 267. The molecule has 11 heavy (non-hydrogen) atoms. The van der Waals surface area contributed by atoms with Crippen molar-refractivity contribution >= 4 is 0 Å². The predicted octanol–water partition coefficient (Wildman–Crippen LogP) is -0.164. The van der Waals surface area contributed by atoms with Gasteiger partial charge in [0.25, 0.3) is 0 Å². The van der Waals surface area contributed by atoms with Gasteiger partial charge >= 0.3 is 0 Å². The van der Waals surface area contributed by atoms with Crippen molar-refractivity contribution in [3.63, 3.8) is 0 Å². The quantitative estimate of drug-likeness (QED) is 0.439. The van der Waals surface area contributed by atoms with Crippen molar-refractivity contribution in [2.45, 2.75) is 19.8 Å². The molecule has 0 spiro atoms. The summed E-state index contributed by atoms with van der Waals surface area (Å²) in [5.41, 5.74) is 0. The lowest BCUT2D eigenvalue weighted by molar-refractivity contribution is -0.555. The Labute approximate surface area is 62.1 Å². The van der Waals surface area contributed by atoms with E-state index in [-0.39, 0.29) is 11.7 Å². The molecule has 0 amide bonds. The summed E-state index contributed by atoms with van der Waals surface area (Å²) in [6.07, 6.45) is 0. The third-order valence-corrected chi connectivity index (χ3v) is 1.15. The molecular weight excluding hydrogens is 150 g/mol. The number of hydrogen-bond donors (Lipinski definition) is 0. The molecule has 1 aromatic heterocycles. The third kappa shape index (κ3) is 1.31. The Kier molecular flexibility index (Phi) is 1.79. The minimum absolute atomic E-state index is 0.0459. The molecule has 0 saturated carbocycles. The monoisotopic (exact) mass is 157 g/mol. The van der Waals surface area contributed by atoms with Crippen molar-refractivity contribution in [3.05, 3.63) is 15.9 Å². The van der Waals surface area contributed by atoms with Gasteiger partial charge in [-0.2, -0.15) is 0 Å². The van der Waals surface area contributed by atoms with Crippen LogP contribution in [0, 0.1) is 10.1 Å². The molecule has 0 atom stereocenters. The zero-order valence-corrected chi connectivity index (χ0v) is 6.13. The first kappa shape index (κ1) is 7.58. The highest BCUT2D eigenvalue weighted by atomic mass is 16.7. The molecule has 7 heteroatoms. The molecule has 0 saturated heterocycles. The maximum atomic E-state index is 10.2. The minimum Gasteiger partial charge on any atom is -0.339 e. The summed E-state index contributed by atoms with van der Waals surface area (Å²) in [6.45, 7) is 3.57. The van der Waals surface area contributed by atoms with Crippen LogP contribution in [0.25, 0.3) is 0 Å². The van der Waals surface area contributed by atoms with Gasteiger partial charge < -0.3 is 10.1 Å². The Morgan fingerprint density at radius 3 is 2.64 bits per heavy atom. The second kappa shape index (κ2) is 2.60. The molecule has 0 aromatic carbocycles. The average molecular weight is 157 g/mol. The number of nitrogens with zero attached hydrogens (tertiary/aromatic N) is 5. The summed E-state index contributed by atoms with van der Waals surface area (Å²) in [7, 11) is 0. The third-order valence-electron chi connectivity index (χ3n) is 1.15. The molecule has 0 unspecified atom stereocenters. The van der Waals surface area contributed by atoms with Gasteiger partial charge in [-0.25, -0.2) is 0 Å². The van der Waals surface area contributed by atoms with Crippen LogP contribution in [0.2, 0.25) is 0 Å². The molecule has 0 aliphatic rings. The normalized spacial score (nSPS) is 10.5. The first-order valence-corrected chi connectivity index (χ1v) is 3.06. The largest absolute Gasteiger partial charge is 0.339 e. The highest BCUT2D eigenvalue weighted by Crippen LogP contribution is 2.07. The van der Waals surface area contributed by atoms with Crippen molar-refractivity contribution in [2.75, 3.05) is 0 Å². The first-order chi connectivity index (χ1) is 5.13. The molecule has 0 N–H and O–H groups in total. The molecule has 0 bridgehead atoms. The second-order valence-corrected chi connectivity index (χ2v) is 2.32. The molecule has 0 fully saturated rings. The Balaban J connectivity index is 3.06. The smallest absolute Gasteiger partial charge is 0.228 e. The highest BCUT2D eigenvalue weighted by Gasteiger charge is 2.17. The summed E-state index contributed by atoms with van der Waals surface area (Å²) in [4.78, 5) is 10.8. The maximum Gasteiger partial charge on any atom is 0.228 e. The van der Waals surface area contributed by atoms with E-state index in [1.807, 2.05) is 0 Å². The van der Waals surface area contributed by atoms with E-state index in [1.165, 1.54) is 0 Å². The molecule has 7 nitrogen and oxygen atoms in total. The lowest BCUT2D eigenvalue weighted by Gasteiger charge is -1.97. The zero-order valence-electron chi connectivity index (χ0n) is 6.13. The summed E-state index contributed by atoms with van der Waals surface area (Å²) in [5.74, 6) is 0.213. The standard InChI is InChI=1S/C4H7N5O2/c1-3(2)4-5-6-7-8(4)9(10)11/h3H,1-2H3. The van der Waals surface area contributed by atoms with E-state index in [4.69, 9.17) is 0 Å². The topological polar surface area (TPSA) is 86.7 Å². The molecule has 60 valence electrons. The number of nitro groups is 1. The van der Waals surface area contributed by atoms with Crippen LogP contribution < -0.4 is 0 Å². The predicted molar refractivity (Wildman–Crippen MR) is 34.3 cm³/mol. The molecule has 1 rings (SSSR count). The van der Waals surface area contributed by atoms with Gasteiger partial charge in [0.2, 0.25) is 11.0 Å². The van der Waals surface area contributed by atoms with Crippen LogP contribution in [0.1, 0.15) is 25.6 Å². The van der Waals surface area contributed by atoms with Crippen molar-refractivity contribution in [1.29, 1.82) is 0 Å². The van der Waals surface area contributed by atoms with Gasteiger partial charge in [0, 0.05) is 5.92 Å². The van der Waals surface area contributed by atoms with Gasteiger partial charge in [-0.05, 0) is 0 Å². The van der Waals surface area contributed by atoms with Gasteiger partial charge in [0.15, 0.2) is 0 Å². The number of tetrazole rings is 1. The molecule has 0 aliphatic carbocycles. The van der Waals surface area contributed by atoms with E-state index < -0.39 is 5.03 Å². The van der Waals surface area contributed by atoms with Crippen molar-refractivity contribution < 1.29 is 5.03 Å². The summed E-state index contributed by atoms with van der Waals surface area (Å²) in [5, 5.41) is 19.4.